The molecule has 9 aromatic rings. The fraction of sp³-hybridized carbons (Fsp3) is 0. The van der Waals surface area contributed by atoms with Gasteiger partial charge in [-0.25, -0.2) is 0 Å². The highest BCUT2D eigenvalue weighted by atomic mass is 14.2. The zero-order valence-electron chi connectivity index (χ0n) is 38.0. The average molecular weight is 572 g/mol. The summed E-state index contributed by atoms with van der Waals surface area (Å²) in [6, 6.07) is 15.1. The fourth-order valence-electron chi connectivity index (χ4n) is 6.21. The van der Waals surface area contributed by atoms with Gasteiger partial charge >= 0.3 is 0 Å². The molecule has 0 nitrogen and oxygen atoms in total. The van der Waals surface area contributed by atoms with Crippen molar-refractivity contribution in [3.63, 3.8) is 0 Å². The largest absolute Gasteiger partial charge is 0.0629 e. The van der Waals surface area contributed by atoms with Crippen LogP contribution in [0.1, 0.15) is 20.6 Å². The molecule has 0 aliphatic heterocycles. The van der Waals surface area contributed by atoms with E-state index in [-0.39, 0.29) is 32.7 Å². The van der Waals surface area contributed by atoms with Gasteiger partial charge < -0.3 is 0 Å². The quantitative estimate of drug-likeness (QED) is 0.146. The van der Waals surface area contributed by atoms with Crippen LogP contribution in [0.2, 0.25) is 0 Å². The minimum absolute atomic E-state index is 0.0485. The van der Waals surface area contributed by atoms with Crippen molar-refractivity contribution in [2.75, 3.05) is 0 Å². The van der Waals surface area contributed by atoms with Crippen LogP contribution < -0.4 is 0 Å². The third-order valence-corrected chi connectivity index (χ3v) is 8.17. The molecule has 44 heavy (non-hydrogen) atoms. The van der Waals surface area contributed by atoms with Gasteiger partial charge in [0.05, 0.1) is 20.6 Å². The predicted molar refractivity (Wildman–Crippen MR) is 190 cm³/mol. The molecule has 204 valence electrons. The third-order valence-electron chi connectivity index (χ3n) is 8.17. The van der Waals surface area contributed by atoms with Gasteiger partial charge in [-0.2, -0.15) is 0 Å². The van der Waals surface area contributed by atoms with Crippen molar-refractivity contribution in [2.24, 2.45) is 0 Å². The first kappa shape index (κ1) is 14.2. The number of hydrogen-bond donors (Lipinski definition) is 0. The minimum atomic E-state index is -0.749. The smallest absolute Gasteiger partial charge is 0.0616 e. The first-order chi connectivity index (χ1) is 28.1. The van der Waals surface area contributed by atoms with E-state index in [9.17, 15) is 6.85 Å². The van der Waals surface area contributed by atoms with Crippen LogP contribution in [0.25, 0.3) is 87.2 Å². The van der Waals surface area contributed by atoms with Crippen molar-refractivity contribution in [3.05, 3.63) is 169 Å². The highest BCUT2D eigenvalue weighted by Crippen LogP contribution is 2.45. The molecule has 0 atom stereocenters. The average Bonchev–Trinajstić information content (AvgIpc) is 3.25. The Hall–Kier alpha value is -5.72. The van der Waals surface area contributed by atoms with E-state index in [4.69, 9.17) is 13.7 Å². The van der Waals surface area contributed by atoms with Gasteiger partial charge in [0.1, 0.15) is 0 Å². The number of rotatable bonds is 3. The second-order valence-corrected chi connectivity index (χ2v) is 10.6. The summed E-state index contributed by atoms with van der Waals surface area (Å²) in [6.45, 7) is 0. The van der Waals surface area contributed by atoms with Crippen molar-refractivity contribution >= 4 is 53.9 Å². The molecular formula is C44H28. The Morgan fingerprint density at radius 2 is 0.909 bits per heavy atom. The maximum atomic E-state index is 9.36. The fourth-order valence-corrected chi connectivity index (χ4v) is 6.21. The predicted octanol–water partition coefficient (Wildman–Crippen LogP) is 12.5. The van der Waals surface area contributed by atoms with E-state index < -0.39 is 107 Å². The lowest BCUT2D eigenvalue weighted by Crippen LogP contribution is -1.92. The van der Waals surface area contributed by atoms with Crippen molar-refractivity contribution in [1.29, 1.82) is 0 Å². The first-order valence-corrected chi connectivity index (χ1v) is 14.0. The standard InChI is InChI=1S/C44H28/c1-4-17-36-29(11-1)13-10-22-38(36)44-41-20-7-5-18-39(41)43(40-19-6-8-21-42(40)44)34-15-9-14-31(28-34)32-25-26-37-33(27-32)24-23-30-12-2-3-16-35(30)37/h1-28H/i1D,4D,5D,6D,7D,8D,10D,11D,13D,17D,18D,19D,20D,21D,22D. The molecule has 0 heterocycles. The summed E-state index contributed by atoms with van der Waals surface area (Å²) in [6.07, 6.45) is 0. The lowest BCUT2D eigenvalue weighted by molar-refractivity contribution is 1.63. The molecule has 0 N–H and O–H groups in total. The monoisotopic (exact) mass is 571 g/mol. The summed E-state index contributed by atoms with van der Waals surface area (Å²) in [4.78, 5) is 0. The normalized spacial score (nSPS) is 16.4. The van der Waals surface area contributed by atoms with Gasteiger partial charge in [-0.05, 0) is 99.4 Å². The SMILES string of the molecule is [2H]c1c([2H])c([2H])c2c(-c3c4c([2H])c([2H])c([2H])c([2H])c4c(-c4cccc(-c5ccc6c(ccc7ccccc76)c5)c4)c4c([2H])c([2H])c([2H])c([2H])c34)c([2H])c([2H])c([2H])c2c1[2H]. The molecule has 0 aliphatic rings. The molecule has 0 aliphatic carbocycles. The van der Waals surface area contributed by atoms with Gasteiger partial charge in [0.2, 0.25) is 0 Å². The maximum absolute atomic E-state index is 9.36. The molecule has 0 saturated carbocycles. The van der Waals surface area contributed by atoms with Crippen LogP contribution in [0.4, 0.5) is 0 Å². The number of hydrogen-bond acceptors (Lipinski definition) is 0. The Balaban J connectivity index is 1.49. The van der Waals surface area contributed by atoms with Gasteiger partial charge in [0.15, 0.2) is 0 Å². The summed E-state index contributed by atoms with van der Waals surface area (Å²) in [5, 5.41) is 2.46. The summed E-state index contributed by atoms with van der Waals surface area (Å²) in [5.41, 5.74) is 1.13. The van der Waals surface area contributed by atoms with Crippen LogP contribution >= 0.6 is 0 Å². The van der Waals surface area contributed by atoms with Crippen molar-refractivity contribution in [2.45, 2.75) is 0 Å². The summed E-state index contributed by atoms with van der Waals surface area (Å²) >= 11 is 0. The van der Waals surface area contributed by atoms with Gasteiger partial charge in [0, 0.05) is 0 Å². The van der Waals surface area contributed by atoms with E-state index in [2.05, 4.69) is 6.07 Å². The van der Waals surface area contributed by atoms with Crippen LogP contribution in [0.3, 0.4) is 0 Å². The zero-order chi connectivity index (χ0) is 42.1. The lowest BCUT2D eigenvalue weighted by Gasteiger charge is -2.19. The number of fused-ring (bicyclic) bond motifs is 6. The first-order valence-electron chi connectivity index (χ1n) is 21.5. The van der Waals surface area contributed by atoms with Gasteiger partial charge in [-0.3, -0.25) is 0 Å². The van der Waals surface area contributed by atoms with Crippen molar-refractivity contribution < 1.29 is 20.6 Å². The second-order valence-electron chi connectivity index (χ2n) is 10.6. The van der Waals surface area contributed by atoms with Gasteiger partial charge in [-0.1, -0.05) is 157 Å². The minimum Gasteiger partial charge on any atom is -0.0616 e. The third kappa shape index (κ3) is 3.85. The Kier molecular flexibility index (Phi) is 3.20. The topological polar surface area (TPSA) is 0 Å². The van der Waals surface area contributed by atoms with Crippen LogP contribution in [0, 0.1) is 0 Å². The van der Waals surface area contributed by atoms with E-state index >= 15 is 0 Å². The van der Waals surface area contributed by atoms with Crippen LogP contribution in [-0.2, 0) is 0 Å². The Morgan fingerprint density at radius 3 is 1.70 bits per heavy atom. The molecule has 0 fully saturated rings. The summed E-state index contributed by atoms with van der Waals surface area (Å²) in [7, 11) is 0. The van der Waals surface area contributed by atoms with Crippen LogP contribution in [0.15, 0.2) is 169 Å². The molecule has 9 rings (SSSR count). The molecule has 0 bridgehead atoms. The van der Waals surface area contributed by atoms with Crippen molar-refractivity contribution in [1.82, 2.24) is 0 Å². The van der Waals surface area contributed by atoms with Gasteiger partial charge in [-0.15, -0.1) is 0 Å². The maximum Gasteiger partial charge on any atom is 0.0629 e. The van der Waals surface area contributed by atoms with Crippen LogP contribution in [0.5, 0.6) is 0 Å². The van der Waals surface area contributed by atoms with E-state index in [1.165, 1.54) is 0 Å². The van der Waals surface area contributed by atoms with Gasteiger partial charge in [0.25, 0.3) is 0 Å². The number of benzene rings is 9. The van der Waals surface area contributed by atoms with E-state index in [0.717, 1.165) is 27.1 Å². The molecule has 0 amide bonds. The molecule has 0 spiro atoms. The molecule has 0 radical (unpaired) electrons. The zero-order valence-corrected chi connectivity index (χ0v) is 23.0. The molecule has 0 aromatic heterocycles. The second kappa shape index (κ2) is 9.93. The van der Waals surface area contributed by atoms with E-state index in [0.29, 0.717) is 11.1 Å². The van der Waals surface area contributed by atoms with E-state index in [1.54, 1.807) is 18.2 Å². The highest BCUT2D eigenvalue weighted by Gasteiger charge is 2.18. The molecule has 0 saturated heterocycles. The molecule has 9 aromatic carbocycles. The molecular weight excluding hydrogens is 528 g/mol. The highest BCUT2D eigenvalue weighted by molar-refractivity contribution is 6.23. The Bertz CT molecular complexity index is 3300. The molecule has 0 heteroatoms. The van der Waals surface area contributed by atoms with Crippen molar-refractivity contribution in [3.8, 4) is 33.4 Å². The summed E-state index contributed by atoms with van der Waals surface area (Å²) < 4.78 is 134. The Morgan fingerprint density at radius 1 is 0.318 bits per heavy atom. The lowest BCUT2D eigenvalue weighted by atomic mass is 9.84. The Labute approximate surface area is 277 Å². The molecule has 0 unspecified atom stereocenters. The summed E-state index contributed by atoms with van der Waals surface area (Å²) in [5.74, 6) is 0. The van der Waals surface area contributed by atoms with E-state index in [1.807, 2.05) is 54.6 Å². The van der Waals surface area contributed by atoms with Crippen LogP contribution in [-0.4, -0.2) is 0 Å².